The lowest BCUT2D eigenvalue weighted by molar-refractivity contribution is -0.384. The van der Waals surface area contributed by atoms with Crippen LogP contribution in [0.25, 0.3) is 0 Å². The van der Waals surface area contributed by atoms with Crippen molar-refractivity contribution >= 4 is 5.69 Å². The zero-order valence-corrected chi connectivity index (χ0v) is 13.4. The molecule has 0 saturated heterocycles. The van der Waals surface area contributed by atoms with Gasteiger partial charge in [-0.25, -0.2) is 0 Å². The number of rotatable bonds is 8. The van der Waals surface area contributed by atoms with Crippen molar-refractivity contribution < 1.29 is 14.8 Å². The van der Waals surface area contributed by atoms with E-state index in [0.29, 0.717) is 24.2 Å². The highest BCUT2D eigenvalue weighted by Crippen LogP contribution is 2.20. The van der Waals surface area contributed by atoms with Crippen LogP contribution in [0.3, 0.4) is 0 Å². The molecule has 0 spiro atoms. The molecule has 0 radical (unpaired) electrons. The predicted molar refractivity (Wildman–Crippen MR) is 84.6 cm³/mol. The van der Waals surface area contributed by atoms with Gasteiger partial charge < -0.3 is 9.84 Å². The van der Waals surface area contributed by atoms with E-state index in [1.807, 2.05) is 0 Å². The molecule has 21 heavy (non-hydrogen) atoms. The molecule has 1 rings (SSSR count). The van der Waals surface area contributed by atoms with Gasteiger partial charge in [0.1, 0.15) is 5.75 Å². The van der Waals surface area contributed by atoms with Crippen LogP contribution in [0.15, 0.2) is 24.3 Å². The number of ether oxygens (including phenoxy) is 1. The Hall–Kier alpha value is -1.62. The lowest BCUT2D eigenvalue weighted by Gasteiger charge is -2.16. The molecular weight excluding hydrogens is 270 g/mol. The Balaban J connectivity index is 0.00000191. The number of aliphatic hydroxyl groups is 1. The first-order valence-electron chi connectivity index (χ1n) is 7.34. The maximum Gasteiger partial charge on any atom is 0.269 e. The average Bonchev–Trinajstić information content (AvgIpc) is 2.49. The number of non-ortho nitro benzene ring substituents is 1. The summed E-state index contributed by atoms with van der Waals surface area (Å²) in [5.74, 6) is 1.97. The number of nitrogens with zero attached hydrogens (tertiary/aromatic N) is 1. The Labute approximate surface area is 127 Å². The second-order valence-electron chi connectivity index (χ2n) is 5.31. The van der Waals surface area contributed by atoms with Crippen molar-refractivity contribution in [2.75, 3.05) is 13.7 Å². The maximum absolute atomic E-state index is 10.5. The molecule has 5 heteroatoms. The molecule has 120 valence electrons. The predicted octanol–water partition coefficient (Wildman–Crippen LogP) is 4.04. The Bertz CT molecular complexity index is 390. The molecule has 1 aromatic carbocycles. The highest BCUT2D eigenvalue weighted by molar-refractivity contribution is 5.35. The van der Waals surface area contributed by atoms with Gasteiger partial charge in [0.25, 0.3) is 5.69 Å². The van der Waals surface area contributed by atoms with Crippen LogP contribution in [0.1, 0.15) is 40.0 Å². The van der Waals surface area contributed by atoms with Crippen LogP contribution in [0.4, 0.5) is 5.69 Å². The number of hydrogen-bond acceptors (Lipinski definition) is 4. The van der Waals surface area contributed by atoms with E-state index < -0.39 is 4.92 Å². The molecule has 0 saturated carbocycles. The maximum atomic E-state index is 10.5. The molecule has 0 aromatic heterocycles. The first-order chi connectivity index (χ1) is 10.0. The van der Waals surface area contributed by atoms with Crippen molar-refractivity contribution in [1.29, 1.82) is 0 Å². The van der Waals surface area contributed by atoms with Crippen molar-refractivity contribution in [3.05, 3.63) is 34.4 Å². The number of nitro benzene ring substituents is 1. The molecule has 0 amide bonds. The van der Waals surface area contributed by atoms with Crippen LogP contribution in [-0.4, -0.2) is 23.7 Å². The Morgan fingerprint density at radius 1 is 1.19 bits per heavy atom. The normalized spacial score (nSPS) is 11.5. The van der Waals surface area contributed by atoms with Crippen molar-refractivity contribution in [2.45, 2.75) is 40.0 Å². The highest BCUT2D eigenvalue weighted by Gasteiger charge is 2.09. The molecule has 1 aromatic rings. The fourth-order valence-corrected chi connectivity index (χ4v) is 1.85. The monoisotopic (exact) mass is 297 g/mol. The van der Waals surface area contributed by atoms with Gasteiger partial charge >= 0.3 is 0 Å². The van der Waals surface area contributed by atoms with E-state index >= 15 is 0 Å². The molecule has 1 atom stereocenters. The fraction of sp³-hybridized carbons (Fsp3) is 0.625. The first-order valence-corrected chi connectivity index (χ1v) is 7.34. The summed E-state index contributed by atoms with van der Waals surface area (Å²) >= 11 is 0. The van der Waals surface area contributed by atoms with Crippen molar-refractivity contribution in [1.82, 2.24) is 0 Å². The van der Waals surface area contributed by atoms with E-state index in [1.54, 1.807) is 12.1 Å². The largest absolute Gasteiger partial charge is 0.493 e. The quantitative estimate of drug-likeness (QED) is 0.580. The molecule has 5 nitrogen and oxygen atoms in total. The van der Waals surface area contributed by atoms with Gasteiger partial charge in [-0.05, 0) is 30.4 Å². The molecular formula is C16H27NO4. The minimum atomic E-state index is -0.402. The highest BCUT2D eigenvalue weighted by atomic mass is 16.6. The average molecular weight is 297 g/mol. The van der Waals surface area contributed by atoms with Gasteiger partial charge in [-0.1, -0.05) is 33.6 Å². The second kappa shape index (κ2) is 11.1. The number of nitro groups is 1. The third kappa shape index (κ3) is 8.30. The fourth-order valence-electron chi connectivity index (χ4n) is 1.85. The van der Waals surface area contributed by atoms with Gasteiger partial charge in [0, 0.05) is 19.2 Å². The minimum absolute atomic E-state index is 0.0965. The van der Waals surface area contributed by atoms with E-state index in [0.717, 1.165) is 13.5 Å². The minimum Gasteiger partial charge on any atom is -0.493 e. The van der Waals surface area contributed by atoms with Crippen LogP contribution < -0.4 is 4.74 Å². The van der Waals surface area contributed by atoms with Crippen molar-refractivity contribution in [3.8, 4) is 5.75 Å². The molecule has 0 heterocycles. The van der Waals surface area contributed by atoms with E-state index in [1.165, 1.54) is 25.0 Å². The first kappa shape index (κ1) is 19.4. The van der Waals surface area contributed by atoms with Gasteiger partial charge in [0.2, 0.25) is 0 Å². The third-order valence-electron chi connectivity index (χ3n) is 3.26. The summed E-state index contributed by atoms with van der Waals surface area (Å²) in [7, 11) is 1.00. The van der Waals surface area contributed by atoms with Gasteiger partial charge in [-0.2, -0.15) is 0 Å². The smallest absolute Gasteiger partial charge is 0.269 e. The summed E-state index contributed by atoms with van der Waals surface area (Å²) in [5.41, 5.74) is 0.0965. The zero-order valence-electron chi connectivity index (χ0n) is 13.4. The number of benzene rings is 1. The molecule has 0 bridgehead atoms. The van der Waals surface area contributed by atoms with Crippen LogP contribution in [0.5, 0.6) is 5.75 Å². The Kier molecular flexibility index (Phi) is 10.2. The lowest BCUT2D eigenvalue weighted by Crippen LogP contribution is -2.12. The summed E-state index contributed by atoms with van der Waals surface area (Å²) in [6, 6.07) is 6.27. The van der Waals surface area contributed by atoms with E-state index in [4.69, 9.17) is 9.84 Å². The molecule has 0 aliphatic heterocycles. The van der Waals surface area contributed by atoms with Crippen LogP contribution in [-0.2, 0) is 0 Å². The van der Waals surface area contributed by atoms with Gasteiger partial charge in [0.05, 0.1) is 11.5 Å². The van der Waals surface area contributed by atoms with E-state index in [2.05, 4.69) is 20.8 Å². The third-order valence-corrected chi connectivity index (χ3v) is 3.26. The summed E-state index contributed by atoms with van der Waals surface area (Å²) < 4.78 is 5.70. The SMILES string of the molecule is CCC(CCC(C)C)COc1ccc([N+](=O)[O-])cc1.CO. The zero-order chi connectivity index (χ0) is 16.3. The summed E-state index contributed by atoms with van der Waals surface area (Å²) in [5, 5.41) is 17.5. The van der Waals surface area contributed by atoms with Crippen LogP contribution in [0.2, 0.25) is 0 Å². The molecule has 1 unspecified atom stereocenters. The van der Waals surface area contributed by atoms with Gasteiger partial charge in [-0.15, -0.1) is 0 Å². The molecule has 0 aliphatic rings. The standard InChI is InChI=1S/C15H23NO3.CH4O/c1-4-13(6-5-12(2)3)11-19-15-9-7-14(8-10-15)16(17)18;1-2/h7-10,12-13H,4-6,11H2,1-3H3;2H,1H3. The van der Waals surface area contributed by atoms with Crippen LogP contribution in [0, 0.1) is 22.0 Å². The summed E-state index contributed by atoms with van der Waals surface area (Å²) in [6.45, 7) is 7.30. The van der Waals surface area contributed by atoms with E-state index in [-0.39, 0.29) is 5.69 Å². The number of aliphatic hydroxyl groups excluding tert-OH is 1. The van der Waals surface area contributed by atoms with Gasteiger partial charge in [-0.3, -0.25) is 10.1 Å². The Morgan fingerprint density at radius 2 is 1.76 bits per heavy atom. The lowest BCUT2D eigenvalue weighted by atomic mass is 9.96. The van der Waals surface area contributed by atoms with Gasteiger partial charge in [0.15, 0.2) is 0 Å². The summed E-state index contributed by atoms with van der Waals surface area (Å²) in [4.78, 5) is 10.1. The Morgan fingerprint density at radius 3 is 2.19 bits per heavy atom. The van der Waals surface area contributed by atoms with E-state index in [9.17, 15) is 10.1 Å². The molecule has 1 N–H and O–H groups in total. The number of hydrogen-bond donors (Lipinski definition) is 1. The molecule has 0 aliphatic carbocycles. The van der Waals surface area contributed by atoms with Crippen molar-refractivity contribution in [2.24, 2.45) is 11.8 Å². The van der Waals surface area contributed by atoms with Crippen LogP contribution >= 0.6 is 0 Å². The summed E-state index contributed by atoms with van der Waals surface area (Å²) in [6.07, 6.45) is 3.48. The van der Waals surface area contributed by atoms with Crippen molar-refractivity contribution in [3.63, 3.8) is 0 Å². The second-order valence-corrected chi connectivity index (χ2v) is 5.31. The topological polar surface area (TPSA) is 72.6 Å². The molecule has 0 fully saturated rings.